The molecule has 2 saturated carbocycles. The number of methoxy groups -OCH3 is 3. The third kappa shape index (κ3) is 29.4. The first kappa shape index (κ1) is 106. The van der Waals surface area contributed by atoms with Crippen LogP contribution >= 0.6 is 0 Å². The van der Waals surface area contributed by atoms with Crippen LogP contribution in [-0.4, -0.2) is 163 Å². The highest BCUT2D eigenvalue weighted by Gasteiger charge is 2.47. The smallest absolute Gasteiger partial charge is 0.417 e. The first-order valence-corrected chi connectivity index (χ1v) is 42.7. The van der Waals surface area contributed by atoms with E-state index in [1.807, 2.05) is 0 Å². The van der Waals surface area contributed by atoms with Crippen molar-refractivity contribution in [3.05, 3.63) is 231 Å². The van der Waals surface area contributed by atoms with E-state index in [0.717, 1.165) is 117 Å². The second-order valence-corrected chi connectivity index (χ2v) is 33.0. The summed E-state index contributed by atoms with van der Waals surface area (Å²) in [6.07, 6.45) is 1.08. The zero-order valence-corrected chi connectivity index (χ0v) is 72.8. The Kier molecular flexibility index (Phi) is 36.7. The number of amides is 1. The molecule has 4 heterocycles. The topological polar surface area (TPSA) is 266 Å². The number of aromatic carboxylic acids is 1. The van der Waals surface area contributed by atoms with E-state index in [4.69, 9.17) is 19.7 Å². The summed E-state index contributed by atoms with van der Waals surface area (Å²) in [4.78, 5) is 69.8. The fourth-order valence-corrected chi connectivity index (χ4v) is 16.1. The van der Waals surface area contributed by atoms with Gasteiger partial charge >= 0.3 is 42.2 Å². The third-order valence-electron chi connectivity index (χ3n) is 21.2. The monoisotopic (exact) mass is 1920 g/mol. The normalized spacial score (nSPS) is 18.4. The molecule has 133 heavy (non-hydrogen) atoms. The molecule has 2 fully saturated rings. The highest BCUT2D eigenvalue weighted by molar-refractivity contribution is 7.92. The molecule has 4 aliphatic heterocycles. The Bertz CT molecular complexity index is 5430. The lowest BCUT2D eigenvalue weighted by Gasteiger charge is -2.30. The van der Waals surface area contributed by atoms with E-state index in [1.165, 1.54) is 108 Å². The number of rotatable bonds is 16. The maximum atomic E-state index is 15.0. The zero-order chi connectivity index (χ0) is 98.5. The number of carboxylic acids is 2. The molecule has 0 saturated heterocycles. The van der Waals surface area contributed by atoms with Crippen LogP contribution in [0.3, 0.4) is 0 Å². The summed E-state index contributed by atoms with van der Waals surface area (Å²) >= 11 is 0. The fraction of sp³-hybridized carbons (Fsp3) is 0.391. The van der Waals surface area contributed by atoms with Crippen molar-refractivity contribution >= 4 is 90.8 Å². The zero-order valence-electron chi connectivity index (χ0n) is 72.0. The van der Waals surface area contributed by atoms with Crippen molar-refractivity contribution in [2.75, 3.05) is 80.6 Å². The number of alkyl halides is 16. The molecule has 1 amide bonds. The highest BCUT2D eigenvalue weighted by atomic mass is 32.2. The van der Waals surface area contributed by atoms with Crippen LogP contribution < -0.4 is 34.6 Å². The molecule has 2 aliphatic carbocycles. The van der Waals surface area contributed by atoms with Crippen LogP contribution in [0.4, 0.5) is 111 Å². The number of allylic oxidation sites excluding steroid dienone is 4. The van der Waals surface area contributed by atoms with Gasteiger partial charge in [0.25, 0.3) is 39.6 Å². The van der Waals surface area contributed by atoms with E-state index < -0.39 is 225 Å². The summed E-state index contributed by atoms with van der Waals surface area (Å²) in [7, 11) is -1.09. The number of carbonyl (C=O) groups excluding carboxylic acids is 4. The van der Waals surface area contributed by atoms with Crippen molar-refractivity contribution in [3.8, 4) is 11.5 Å². The summed E-state index contributed by atoms with van der Waals surface area (Å²) < 4.78 is 324. The standard InChI is InChI=1S/C24H20F7NO4.C19H16F3NO4S.2C13H12F3NO2.C12H23N.C11H10F4O3/c1-13(25)12-36-15-4-5-16(19(10-15)24(29,30)31)22(34)32-8-7-23(27,28)18(11-21(33)35-2)17-9-14(26)3-6-20(17)32;1-12-2-5-14(6-3-12)28(26,27)23-9-8-19(21,22)16(11-18(24)25)15-10-13(20)4-7-17(15)23;2*1-19-12(18)7-10-9-6-8(14)2-3-11(9)17-5-4-13(10,15)16;1-3-7-11(8-4-1)13-12-9-5-2-6-10-12;1-6(12)5-18-7-2-3-8(10(16)17)9(4-7)11(13,14)15/h3-6,9-11,13H,7-8,12H2,1-2H3;2-7,10-11H,8-9H2,1H3,(H,24,25);2*2-3,6-7,17H,4-5H2,1H3;11-13H,1-10H2;2-4,6H,5H2,1H3,(H,16,17)/b18-11-;16-11-;2*10-7-;;/t13-;;;;;6-/m1....1/s1. The lowest BCUT2D eigenvalue weighted by molar-refractivity contribution is -0.138. The Labute approximate surface area is 751 Å². The summed E-state index contributed by atoms with van der Waals surface area (Å²) in [6.45, 7) is 1.88. The van der Waals surface area contributed by atoms with Gasteiger partial charge in [-0.3, -0.25) is 9.10 Å². The Morgan fingerprint density at radius 1 is 0.474 bits per heavy atom. The maximum absolute atomic E-state index is 15.0. The van der Waals surface area contributed by atoms with E-state index in [0.29, 0.717) is 58.8 Å². The number of nitrogens with zero attached hydrogens (tertiary/aromatic N) is 2. The number of carboxylic acid groups (broad SMARTS) is 2. The van der Waals surface area contributed by atoms with E-state index in [-0.39, 0.29) is 52.0 Å². The first-order chi connectivity index (χ1) is 62.3. The van der Waals surface area contributed by atoms with Crippen LogP contribution in [0.25, 0.3) is 22.3 Å². The quantitative estimate of drug-likeness (QED) is 0.0260. The minimum Gasteiger partial charge on any atom is -0.491 e. The molecule has 0 radical (unpaired) electrons. The van der Waals surface area contributed by atoms with Gasteiger partial charge in [-0.1, -0.05) is 56.2 Å². The molecule has 0 aromatic heterocycles. The van der Waals surface area contributed by atoms with Crippen molar-refractivity contribution in [2.45, 2.75) is 176 Å². The molecule has 13 rings (SSSR count). The number of halogens is 20. The van der Waals surface area contributed by atoms with Gasteiger partial charge in [0.15, 0.2) is 0 Å². The number of aliphatic carboxylic acids is 1. The Morgan fingerprint density at radius 3 is 1.23 bits per heavy atom. The number of benzene rings is 7. The number of nitrogens with one attached hydrogen (secondary N) is 3. The second-order valence-electron chi connectivity index (χ2n) is 31.1. The molecular formula is C92H93F20N5O15S. The maximum Gasteiger partial charge on any atom is 0.417 e. The van der Waals surface area contributed by atoms with Crippen molar-refractivity contribution in [2.24, 2.45) is 0 Å². The molecule has 7 aromatic carbocycles. The van der Waals surface area contributed by atoms with Gasteiger partial charge in [0.2, 0.25) is 0 Å². The van der Waals surface area contributed by atoms with Crippen molar-refractivity contribution in [1.82, 2.24) is 5.32 Å². The molecule has 0 spiro atoms. The van der Waals surface area contributed by atoms with Crippen LogP contribution in [0.2, 0.25) is 0 Å². The minimum absolute atomic E-state index is 0.0205. The summed E-state index contributed by atoms with van der Waals surface area (Å²) in [5, 5.41) is 27.1. The summed E-state index contributed by atoms with van der Waals surface area (Å²) in [5.41, 5.74) is -7.49. The van der Waals surface area contributed by atoms with E-state index in [9.17, 15) is 125 Å². The number of carbonyl (C=O) groups is 6. The number of anilines is 4. The van der Waals surface area contributed by atoms with Crippen molar-refractivity contribution in [1.29, 1.82) is 0 Å². The van der Waals surface area contributed by atoms with Gasteiger partial charge in [-0.15, -0.1) is 0 Å². The van der Waals surface area contributed by atoms with Crippen molar-refractivity contribution < 1.29 is 159 Å². The lowest BCUT2D eigenvalue weighted by Crippen LogP contribution is -2.40. The number of fused-ring (bicyclic) bond motifs is 4. The molecule has 0 bridgehead atoms. The average molecular weight is 1920 g/mol. The van der Waals surface area contributed by atoms with Crippen LogP contribution in [0.5, 0.6) is 11.5 Å². The number of aryl methyl sites for hydroxylation is 1. The van der Waals surface area contributed by atoms with Crippen LogP contribution in [-0.2, 0) is 55.8 Å². The fourth-order valence-electron chi connectivity index (χ4n) is 14.7. The molecule has 7 aromatic rings. The van der Waals surface area contributed by atoms with Gasteiger partial charge in [-0.2, -0.15) is 26.3 Å². The Morgan fingerprint density at radius 2 is 0.835 bits per heavy atom. The molecule has 0 unspecified atom stereocenters. The van der Waals surface area contributed by atoms with Gasteiger partial charge < -0.3 is 54.7 Å². The molecule has 2 atom stereocenters. The Balaban J connectivity index is 0.000000202. The summed E-state index contributed by atoms with van der Waals surface area (Å²) in [6, 6.07) is 24.5. The lowest BCUT2D eigenvalue weighted by atomic mass is 9.91. The number of hydrogen-bond acceptors (Lipinski definition) is 16. The minimum atomic E-state index is -5.05. The van der Waals surface area contributed by atoms with E-state index >= 15 is 0 Å². The van der Waals surface area contributed by atoms with Gasteiger partial charge in [0, 0.05) is 144 Å². The summed E-state index contributed by atoms with van der Waals surface area (Å²) in [5.74, 6) is -25.2. The van der Waals surface area contributed by atoms with Gasteiger partial charge in [-0.25, -0.2) is 93.9 Å². The SMILES string of the molecule is C1CCC(NC2CCCCC2)CC1.COC(=O)/C=C1/c2cc(F)ccc2N(C(=O)c2ccc(OC[C@@H](C)F)cc2C(F)(F)F)CCC1(F)F.COC(=O)/C=C1/c2cc(F)ccc2NCCC1(F)F.COC(=O)/C=C1/c2cc(F)ccc2NCCC1(F)F.C[C@@H](F)COc1ccc(C(=O)O)c(C(F)(F)F)c1.Cc1ccc(S(=O)(=O)N2CCC(F)(F)/C(=C\C(=O)O)c3cc(F)ccc32)cc1. The first-order valence-electron chi connectivity index (χ1n) is 41.2. The Hall–Kier alpha value is -12.2. The predicted molar refractivity (Wildman–Crippen MR) is 453 cm³/mol. The van der Waals surface area contributed by atoms with Crippen LogP contribution in [0.15, 0.2) is 163 Å². The van der Waals surface area contributed by atoms with Crippen LogP contribution in [0, 0.1) is 30.2 Å². The highest BCUT2D eigenvalue weighted by Crippen LogP contribution is 2.49. The molecule has 5 N–H and O–H groups in total. The molecule has 722 valence electrons. The molecule has 20 nitrogen and oxygen atoms in total. The van der Waals surface area contributed by atoms with Crippen molar-refractivity contribution in [3.63, 3.8) is 0 Å². The molecule has 6 aliphatic rings. The third-order valence-corrected chi connectivity index (χ3v) is 23.0. The molecular weight excluding hydrogens is 1830 g/mol. The van der Waals surface area contributed by atoms with Gasteiger partial charge in [0.05, 0.1) is 59.9 Å². The number of esters is 3. The predicted octanol–water partition coefficient (Wildman–Crippen LogP) is 21.7. The van der Waals surface area contributed by atoms with Gasteiger partial charge in [0.1, 0.15) is 60.3 Å². The number of ether oxygens (including phenoxy) is 5. The number of hydrogen-bond donors (Lipinski definition) is 5. The van der Waals surface area contributed by atoms with E-state index in [1.54, 1.807) is 19.1 Å². The second kappa shape index (κ2) is 46.0. The average Bonchev–Trinajstić information content (AvgIpc) is 1.54. The largest absolute Gasteiger partial charge is 0.491 e. The number of sulfonamides is 1. The van der Waals surface area contributed by atoms with E-state index in [2.05, 4.69) is 30.2 Å². The van der Waals surface area contributed by atoms with Gasteiger partial charge in [-0.05, 0) is 168 Å². The van der Waals surface area contributed by atoms with Crippen LogP contribution in [0.1, 0.15) is 163 Å². The molecule has 41 heteroatoms.